The number of benzene rings is 4. The van der Waals surface area contributed by atoms with Crippen molar-refractivity contribution >= 4 is 50.7 Å². The number of H-pyrrole nitrogens is 2. The van der Waals surface area contributed by atoms with Crippen LogP contribution >= 0.6 is 0 Å². The molecule has 4 aromatic carbocycles. The molecule has 2 aromatic heterocycles. The van der Waals surface area contributed by atoms with Crippen LogP contribution in [0.5, 0.6) is 0 Å². The molecule has 3 aliphatic rings. The number of hydrogen-bond donors (Lipinski definition) is 3. The molecule has 0 spiro atoms. The highest BCUT2D eigenvalue weighted by atomic mass is 15.2. The summed E-state index contributed by atoms with van der Waals surface area (Å²) in [7, 11) is 0. The van der Waals surface area contributed by atoms with E-state index < -0.39 is 0 Å². The molecule has 3 aliphatic heterocycles. The van der Waals surface area contributed by atoms with Crippen molar-refractivity contribution in [2.24, 2.45) is 25.0 Å². The maximum atomic E-state index is 5.06. The molecule has 0 saturated heterocycles. The van der Waals surface area contributed by atoms with Crippen LogP contribution in [0.3, 0.4) is 0 Å². The summed E-state index contributed by atoms with van der Waals surface area (Å²) in [6.45, 7) is 0. The quantitative estimate of drug-likeness (QED) is 0.250. The Labute approximate surface area is 227 Å². The first-order valence-electron chi connectivity index (χ1n) is 13.2. The first-order valence-corrected chi connectivity index (χ1v) is 13.2. The Bertz CT molecular complexity index is 2260. The molecule has 3 N–H and O–H groups in total. The number of fused-ring (bicyclic) bond motifs is 18. The van der Waals surface area contributed by atoms with E-state index in [0.717, 1.165) is 55.4 Å². The van der Waals surface area contributed by atoms with Crippen LogP contribution in [-0.2, 0) is 0 Å². The molecule has 0 aliphatic carbocycles. The van der Waals surface area contributed by atoms with Gasteiger partial charge in [0, 0.05) is 43.8 Å². The van der Waals surface area contributed by atoms with Crippen LogP contribution in [-0.4, -0.2) is 27.5 Å². The van der Waals surface area contributed by atoms with Gasteiger partial charge in [-0.05, 0) is 0 Å². The van der Waals surface area contributed by atoms with Crippen LogP contribution in [0.1, 0.15) is 28.4 Å². The Morgan fingerprint density at radius 2 is 1.05 bits per heavy atom. The molecule has 188 valence electrons. The van der Waals surface area contributed by atoms with Crippen molar-refractivity contribution in [1.29, 1.82) is 0 Å². The minimum absolute atomic E-state index is 0.312. The number of nitrogens with zero attached hydrogens (tertiary/aromatic N) is 5. The number of rotatable bonds is 0. The van der Waals surface area contributed by atoms with Gasteiger partial charge in [-0.1, -0.05) is 97.1 Å². The lowest BCUT2D eigenvalue weighted by Gasteiger charge is -2.12. The van der Waals surface area contributed by atoms with E-state index in [1.54, 1.807) is 0 Å². The predicted octanol–water partition coefficient (Wildman–Crippen LogP) is 5.31. The summed E-state index contributed by atoms with van der Waals surface area (Å²) in [4.78, 5) is 32.1. The van der Waals surface area contributed by atoms with Gasteiger partial charge < -0.3 is 15.3 Å². The van der Waals surface area contributed by atoms with E-state index in [4.69, 9.17) is 25.0 Å². The van der Waals surface area contributed by atoms with Crippen molar-refractivity contribution in [2.75, 3.05) is 5.32 Å². The Kier molecular flexibility index (Phi) is 4.23. The second-order valence-corrected chi connectivity index (χ2v) is 9.99. The van der Waals surface area contributed by atoms with Gasteiger partial charge in [0.05, 0.1) is 0 Å². The van der Waals surface area contributed by atoms with Crippen LogP contribution in [0.25, 0.3) is 21.5 Å². The molecule has 0 fully saturated rings. The van der Waals surface area contributed by atoms with Crippen molar-refractivity contribution in [3.8, 4) is 0 Å². The fourth-order valence-corrected chi connectivity index (χ4v) is 5.80. The molecule has 5 heterocycles. The Balaban J connectivity index is 1.39. The summed E-state index contributed by atoms with van der Waals surface area (Å²) < 4.78 is 0. The summed E-state index contributed by atoms with van der Waals surface area (Å²) in [5.41, 5.74) is 5.36. The van der Waals surface area contributed by atoms with E-state index >= 15 is 0 Å². The largest absolute Gasteiger partial charge is 0.346 e. The molecule has 1 atom stereocenters. The lowest BCUT2D eigenvalue weighted by molar-refractivity contribution is 0.854. The fraction of sp³-hybridized carbons (Fsp3) is 0.0312. The molecular weight excluding hydrogens is 496 g/mol. The first-order chi connectivity index (χ1) is 19.8. The lowest BCUT2D eigenvalue weighted by atomic mass is 10.1. The predicted molar refractivity (Wildman–Crippen MR) is 157 cm³/mol. The number of aliphatic imine (C=N–C) groups is 3. The normalized spacial score (nSPS) is 18.1. The van der Waals surface area contributed by atoms with Crippen molar-refractivity contribution in [3.63, 3.8) is 0 Å². The summed E-state index contributed by atoms with van der Waals surface area (Å²) in [6.07, 6.45) is -0.312. The van der Waals surface area contributed by atoms with Crippen LogP contribution in [0.15, 0.2) is 122 Å². The van der Waals surface area contributed by atoms with Gasteiger partial charge in [0.25, 0.3) is 0 Å². The SMILES string of the molecule is c1ccc2c(c1)C1=N/C2=N\c2[nH]c(c3ccccc23)NC2N=C(N=c3[nH]c(c4ccccc34)=N1)c1ccccc12. The van der Waals surface area contributed by atoms with E-state index in [0.29, 0.717) is 28.5 Å². The molecule has 0 saturated carbocycles. The van der Waals surface area contributed by atoms with Gasteiger partial charge in [0.15, 0.2) is 17.5 Å². The van der Waals surface area contributed by atoms with Crippen LogP contribution in [0.4, 0.5) is 11.6 Å². The van der Waals surface area contributed by atoms with E-state index in [9.17, 15) is 0 Å². The third kappa shape index (κ3) is 3.04. The smallest absolute Gasteiger partial charge is 0.164 e. The van der Waals surface area contributed by atoms with Gasteiger partial charge in [0.2, 0.25) is 0 Å². The first kappa shape index (κ1) is 21.3. The molecule has 40 heavy (non-hydrogen) atoms. The minimum Gasteiger partial charge on any atom is -0.346 e. The van der Waals surface area contributed by atoms with Crippen LogP contribution in [0.2, 0.25) is 0 Å². The van der Waals surface area contributed by atoms with Gasteiger partial charge in [-0.2, -0.15) is 0 Å². The standard InChI is InChI=1S/C32H20N8/c1-2-10-18-17(9-1)25-33-26(18)38-28-21-13-5-6-14-22(21)30(35-28)40-32-24-16-8-7-15-23(24)31(36-32)39-29-20-12-4-3-11-19(20)27(34-29)37-25/h1-16,25,34,37H,(H,33,35,36,38,39,40). The van der Waals surface area contributed by atoms with Crippen molar-refractivity contribution in [1.82, 2.24) is 9.97 Å². The monoisotopic (exact) mass is 516 g/mol. The maximum absolute atomic E-state index is 5.06. The van der Waals surface area contributed by atoms with E-state index in [1.165, 1.54) is 0 Å². The number of anilines is 1. The number of amidine groups is 3. The minimum atomic E-state index is -0.312. The molecular formula is C32H20N8. The van der Waals surface area contributed by atoms with Gasteiger partial charge >= 0.3 is 0 Å². The lowest BCUT2D eigenvalue weighted by Crippen LogP contribution is -2.15. The third-order valence-corrected chi connectivity index (χ3v) is 7.67. The van der Waals surface area contributed by atoms with Crippen molar-refractivity contribution in [2.45, 2.75) is 6.17 Å². The second kappa shape index (κ2) is 7.94. The summed E-state index contributed by atoms with van der Waals surface area (Å²) in [5, 5.41) is 7.61. The van der Waals surface area contributed by atoms with E-state index in [1.807, 2.05) is 60.7 Å². The zero-order valence-corrected chi connectivity index (χ0v) is 21.1. The zero-order chi connectivity index (χ0) is 26.2. The summed E-state index contributed by atoms with van der Waals surface area (Å²) in [6, 6.07) is 32.6. The number of hydrogen-bond acceptors (Lipinski definition) is 6. The molecule has 6 aromatic rings. The van der Waals surface area contributed by atoms with Crippen molar-refractivity contribution < 1.29 is 0 Å². The third-order valence-electron chi connectivity index (χ3n) is 7.67. The van der Waals surface area contributed by atoms with Crippen molar-refractivity contribution in [3.05, 3.63) is 130 Å². The second-order valence-electron chi connectivity index (χ2n) is 9.99. The van der Waals surface area contributed by atoms with E-state index in [2.05, 4.69) is 51.7 Å². The van der Waals surface area contributed by atoms with E-state index in [-0.39, 0.29) is 6.17 Å². The Hall–Kier alpha value is -5.63. The average molecular weight is 517 g/mol. The maximum Gasteiger partial charge on any atom is 0.164 e. The summed E-state index contributed by atoms with van der Waals surface area (Å²) in [5.74, 6) is 3.47. The highest BCUT2D eigenvalue weighted by Crippen LogP contribution is 2.37. The molecule has 0 amide bonds. The molecule has 0 radical (unpaired) electrons. The molecule has 8 nitrogen and oxygen atoms in total. The van der Waals surface area contributed by atoms with Gasteiger partial charge in [-0.15, -0.1) is 0 Å². The molecule has 1 unspecified atom stereocenters. The highest BCUT2D eigenvalue weighted by Gasteiger charge is 2.27. The molecule has 8 heteroatoms. The van der Waals surface area contributed by atoms with Crippen LogP contribution < -0.4 is 16.3 Å². The van der Waals surface area contributed by atoms with Gasteiger partial charge in [-0.25, -0.2) is 25.0 Å². The fourth-order valence-electron chi connectivity index (χ4n) is 5.80. The number of nitrogens with one attached hydrogen (secondary N) is 3. The van der Waals surface area contributed by atoms with Crippen LogP contribution in [0, 0.1) is 0 Å². The van der Waals surface area contributed by atoms with Gasteiger partial charge in [-0.3, -0.25) is 0 Å². The Morgan fingerprint density at radius 1 is 0.475 bits per heavy atom. The summed E-state index contributed by atoms with van der Waals surface area (Å²) >= 11 is 0. The van der Waals surface area contributed by atoms with Gasteiger partial charge in [0.1, 0.15) is 28.8 Å². The number of aromatic amines is 2. The highest BCUT2D eigenvalue weighted by molar-refractivity contribution is 6.23. The molecule has 9 rings (SSSR count). The Morgan fingerprint density at radius 3 is 1.80 bits per heavy atom. The average Bonchev–Trinajstić information content (AvgIpc) is 3.73. The topological polar surface area (TPSA) is 105 Å². The number of aromatic nitrogens is 2. The zero-order valence-electron chi connectivity index (χ0n) is 21.1. The molecule has 8 bridgehead atoms.